The number of nitrogens with two attached hydrogens (primary N) is 2. The molecule has 1 aromatic rings. The Hall–Kier alpha value is -2.49. The van der Waals surface area contributed by atoms with Crippen LogP contribution in [0.1, 0.15) is 12.6 Å². The normalized spacial score (nSPS) is 11.7. The van der Waals surface area contributed by atoms with Crippen LogP contribution in [0.2, 0.25) is 0 Å². The van der Waals surface area contributed by atoms with Crippen molar-refractivity contribution in [1.29, 1.82) is 0 Å². The number of nitrogens with zero attached hydrogens (tertiary/aromatic N) is 3. The second-order valence-electron chi connectivity index (χ2n) is 3.50. The Bertz CT molecular complexity index is 490. The fourth-order valence-corrected chi connectivity index (χ4v) is 1.23. The van der Waals surface area contributed by atoms with Crippen LogP contribution >= 0.6 is 0 Å². The number of hydrogen-bond acceptors (Lipinski definition) is 8. The third-order valence-corrected chi connectivity index (χ3v) is 2.15. The lowest BCUT2D eigenvalue weighted by Crippen LogP contribution is -2.33. The molecule has 0 radical (unpaired) electrons. The van der Waals surface area contributed by atoms with E-state index in [0.717, 1.165) is 0 Å². The molecular weight excluding hydrogens is 242 g/mol. The lowest BCUT2D eigenvalue weighted by molar-refractivity contribution is -0.385. The highest BCUT2D eigenvalue weighted by atomic mass is 16.6. The molecule has 0 aromatic carbocycles. The monoisotopic (exact) mass is 255 g/mol. The molecule has 18 heavy (non-hydrogen) atoms. The molecule has 10 nitrogen and oxygen atoms in total. The topological polar surface area (TPSA) is 162 Å². The average molecular weight is 255 g/mol. The van der Waals surface area contributed by atoms with Crippen molar-refractivity contribution in [3.63, 3.8) is 0 Å². The number of carbonyl (C=O) groups excluding carboxylic acids is 1. The van der Waals surface area contributed by atoms with Crippen LogP contribution in [0.15, 0.2) is 0 Å². The lowest BCUT2D eigenvalue weighted by atomic mass is 10.3. The molecule has 1 aromatic heterocycles. The van der Waals surface area contributed by atoms with E-state index in [4.69, 9.17) is 11.6 Å². The van der Waals surface area contributed by atoms with Gasteiger partial charge in [0, 0.05) is 0 Å². The first-order valence-corrected chi connectivity index (χ1v) is 4.92. The van der Waals surface area contributed by atoms with Gasteiger partial charge in [0.1, 0.15) is 11.7 Å². The van der Waals surface area contributed by atoms with Gasteiger partial charge in [0.2, 0.25) is 17.7 Å². The number of nitrogens with one attached hydrogen (secondary N) is 2. The number of primary amides is 1. The van der Waals surface area contributed by atoms with Gasteiger partial charge in [-0.25, -0.2) is 10.8 Å². The number of nitro groups is 1. The highest BCUT2D eigenvalue weighted by Crippen LogP contribution is 2.26. The van der Waals surface area contributed by atoms with Gasteiger partial charge < -0.3 is 11.1 Å². The van der Waals surface area contributed by atoms with Crippen LogP contribution in [0, 0.1) is 17.0 Å². The Kier molecular flexibility index (Phi) is 3.94. The molecule has 0 fully saturated rings. The fraction of sp³-hybridized carbons (Fsp3) is 0.375. The van der Waals surface area contributed by atoms with E-state index in [-0.39, 0.29) is 23.1 Å². The molecule has 1 rings (SSSR count). The summed E-state index contributed by atoms with van der Waals surface area (Å²) in [6, 6.07) is -0.816. The number of carbonyl (C=O) groups is 1. The van der Waals surface area contributed by atoms with Gasteiger partial charge in [0.05, 0.1) is 4.92 Å². The number of amides is 1. The van der Waals surface area contributed by atoms with E-state index in [9.17, 15) is 14.9 Å². The van der Waals surface area contributed by atoms with Crippen LogP contribution in [-0.2, 0) is 4.79 Å². The molecule has 98 valence electrons. The highest BCUT2D eigenvalue weighted by molar-refractivity contribution is 5.83. The number of aromatic nitrogens is 2. The van der Waals surface area contributed by atoms with E-state index in [0.29, 0.717) is 0 Å². The molecule has 1 heterocycles. The van der Waals surface area contributed by atoms with Gasteiger partial charge >= 0.3 is 5.69 Å². The minimum absolute atomic E-state index is 0.00253. The quantitative estimate of drug-likeness (QED) is 0.304. The van der Waals surface area contributed by atoms with Crippen molar-refractivity contribution in [3.8, 4) is 0 Å². The van der Waals surface area contributed by atoms with E-state index in [2.05, 4.69) is 20.7 Å². The predicted molar refractivity (Wildman–Crippen MR) is 63.5 cm³/mol. The molecule has 0 aliphatic heterocycles. The summed E-state index contributed by atoms with van der Waals surface area (Å²) in [6.07, 6.45) is 0. The number of aryl methyl sites for hydroxylation is 1. The zero-order chi connectivity index (χ0) is 13.9. The summed E-state index contributed by atoms with van der Waals surface area (Å²) in [5.74, 6) is 4.35. The second kappa shape index (κ2) is 5.23. The summed E-state index contributed by atoms with van der Waals surface area (Å²) in [5.41, 5.74) is 7.02. The summed E-state index contributed by atoms with van der Waals surface area (Å²) >= 11 is 0. The fourth-order valence-electron chi connectivity index (χ4n) is 1.23. The van der Waals surface area contributed by atoms with Crippen LogP contribution in [0.3, 0.4) is 0 Å². The molecule has 1 atom stereocenters. The molecule has 0 aliphatic carbocycles. The van der Waals surface area contributed by atoms with Gasteiger partial charge in [-0.1, -0.05) is 0 Å². The molecular formula is C8H13N7O3. The van der Waals surface area contributed by atoms with Crippen LogP contribution in [0.25, 0.3) is 0 Å². The number of hydrogen-bond donors (Lipinski definition) is 4. The van der Waals surface area contributed by atoms with Crippen LogP contribution in [0.5, 0.6) is 0 Å². The second-order valence-corrected chi connectivity index (χ2v) is 3.50. The lowest BCUT2D eigenvalue weighted by Gasteiger charge is -2.12. The SMILES string of the molecule is Cc1nc(NN)nc(NC(C)C(N)=O)c1[N+](=O)[O-]. The number of anilines is 2. The summed E-state index contributed by atoms with van der Waals surface area (Å²) in [6.45, 7) is 2.89. The van der Waals surface area contributed by atoms with Crippen LogP contribution in [0.4, 0.5) is 17.5 Å². The van der Waals surface area contributed by atoms with E-state index >= 15 is 0 Å². The number of nitrogen functional groups attached to an aromatic ring is 1. The molecule has 0 aliphatic rings. The van der Waals surface area contributed by atoms with Crippen LogP contribution < -0.4 is 22.3 Å². The molecule has 1 unspecified atom stereocenters. The van der Waals surface area contributed by atoms with Gasteiger partial charge in [-0.05, 0) is 13.8 Å². The third-order valence-electron chi connectivity index (χ3n) is 2.15. The molecule has 0 saturated heterocycles. The standard InChI is InChI=1S/C8H13N7O3/c1-3-5(15(17)18)7(11-4(2)6(9)16)13-8(12-3)14-10/h4H,10H2,1-2H3,(H2,9,16)(H2,11,12,13,14). The summed E-state index contributed by atoms with van der Waals surface area (Å²) < 4.78 is 0. The molecule has 1 amide bonds. The molecule has 10 heteroatoms. The van der Waals surface area contributed by atoms with E-state index < -0.39 is 16.9 Å². The van der Waals surface area contributed by atoms with Gasteiger partial charge in [-0.15, -0.1) is 0 Å². The third kappa shape index (κ3) is 2.79. The first-order valence-electron chi connectivity index (χ1n) is 4.92. The Balaban J connectivity index is 3.25. The van der Waals surface area contributed by atoms with Gasteiger partial charge in [-0.2, -0.15) is 4.98 Å². The van der Waals surface area contributed by atoms with Crippen molar-refractivity contribution >= 4 is 23.4 Å². The Morgan fingerprint density at radius 2 is 2.11 bits per heavy atom. The molecule has 0 saturated carbocycles. The first-order chi connectivity index (χ1) is 8.36. The maximum atomic E-state index is 10.9. The maximum Gasteiger partial charge on any atom is 0.332 e. The largest absolute Gasteiger partial charge is 0.368 e. The smallest absolute Gasteiger partial charge is 0.332 e. The molecule has 6 N–H and O–H groups in total. The maximum absolute atomic E-state index is 10.9. The Labute approximate surface area is 102 Å². The molecule has 0 spiro atoms. The number of rotatable bonds is 5. The minimum Gasteiger partial charge on any atom is -0.368 e. The summed E-state index contributed by atoms with van der Waals surface area (Å²) in [7, 11) is 0. The van der Waals surface area contributed by atoms with Crippen molar-refractivity contribution in [2.24, 2.45) is 11.6 Å². The number of hydrazine groups is 1. The zero-order valence-electron chi connectivity index (χ0n) is 9.80. The minimum atomic E-state index is -0.816. The van der Waals surface area contributed by atoms with Crippen molar-refractivity contribution < 1.29 is 9.72 Å². The zero-order valence-corrected chi connectivity index (χ0v) is 9.80. The van der Waals surface area contributed by atoms with Gasteiger partial charge in [0.15, 0.2) is 0 Å². The van der Waals surface area contributed by atoms with Crippen molar-refractivity contribution in [3.05, 3.63) is 15.8 Å². The van der Waals surface area contributed by atoms with Crippen molar-refractivity contribution in [1.82, 2.24) is 9.97 Å². The predicted octanol–water partition coefficient (Wildman–Crippen LogP) is -0.735. The first kappa shape index (κ1) is 13.6. The Morgan fingerprint density at radius 3 is 2.56 bits per heavy atom. The Morgan fingerprint density at radius 1 is 1.50 bits per heavy atom. The van der Waals surface area contributed by atoms with Crippen LogP contribution in [-0.4, -0.2) is 26.8 Å². The van der Waals surface area contributed by atoms with Crippen molar-refractivity contribution in [2.45, 2.75) is 19.9 Å². The van der Waals surface area contributed by atoms with Gasteiger partial charge in [-0.3, -0.25) is 20.3 Å². The highest BCUT2D eigenvalue weighted by Gasteiger charge is 2.24. The van der Waals surface area contributed by atoms with Crippen molar-refractivity contribution in [2.75, 3.05) is 10.7 Å². The van der Waals surface area contributed by atoms with E-state index in [1.807, 2.05) is 0 Å². The van der Waals surface area contributed by atoms with Gasteiger partial charge in [0.25, 0.3) is 0 Å². The van der Waals surface area contributed by atoms with E-state index in [1.165, 1.54) is 13.8 Å². The summed E-state index contributed by atoms with van der Waals surface area (Å²) in [5, 5.41) is 13.5. The van der Waals surface area contributed by atoms with E-state index in [1.54, 1.807) is 0 Å². The average Bonchev–Trinajstić information content (AvgIpc) is 2.27. The molecule has 0 bridgehead atoms. The summed E-state index contributed by atoms with van der Waals surface area (Å²) in [4.78, 5) is 28.8.